The summed E-state index contributed by atoms with van der Waals surface area (Å²) in [4.78, 5) is 0. The van der Waals surface area contributed by atoms with Crippen molar-refractivity contribution in [3.8, 4) is 5.75 Å². The van der Waals surface area contributed by atoms with Crippen molar-refractivity contribution in [3.63, 3.8) is 0 Å². The van der Waals surface area contributed by atoms with Crippen molar-refractivity contribution in [2.75, 3.05) is 6.61 Å². The minimum Gasteiger partial charge on any atom is -0.491 e. The van der Waals surface area contributed by atoms with Gasteiger partial charge in [0.15, 0.2) is 0 Å². The van der Waals surface area contributed by atoms with E-state index >= 15 is 0 Å². The van der Waals surface area contributed by atoms with E-state index in [0.717, 1.165) is 17.7 Å². The molecule has 0 saturated heterocycles. The average Bonchev–Trinajstić information content (AvgIpc) is 2.46. The van der Waals surface area contributed by atoms with E-state index in [1.54, 1.807) is 0 Å². The summed E-state index contributed by atoms with van der Waals surface area (Å²) in [7, 11) is 0. The predicted octanol–water partition coefficient (Wildman–Crippen LogP) is 3.67. The molecule has 0 radical (unpaired) electrons. The average molecular weight is 256 g/mol. The van der Waals surface area contributed by atoms with E-state index in [1.807, 2.05) is 55.5 Å². The molecule has 0 fully saturated rings. The molecule has 0 aliphatic carbocycles. The number of benzene rings is 2. The SMILES string of the molecule is CCc1ccc(C(O)COc2ccc(C)cc2)cc1. The summed E-state index contributed by atoms with van der Waals surface area (Å²) in [5.74, 6) is 0.787. The zero-order chi connectivity index (χ0) is 13.7. The summed E-state index contributed by atoms with van der Waals surface area (Å²) >= 11 is 0. The highest BCUT2D eigenvalue weighted by atomic mass is 16.5. The maximum Gasteiger partial charge on any atom is 0.119 e. The summed E-state index contributed by atoms with van der Waals surface area (Å²) < 4.78 is 5.58. The molecule has 2 nitrogen and oxygen atoms in total. The number of aryl methyl sites for hydroxylation is 2. The van der Waals surface area contributed by atoms with Crippen molar-refractivity contribution >= 4 is 0 Å². The van der Waals surface area contributed by atoms with Gasteiger partial charge in [0, 0.05) is 0 Å². The van der Waals surface area contributed by atoms with E-state index < -0.39 is 6.10 Å². The highest BCUT2D eigenvalue weighted by Gasteiger charge is 2.08. The molecule has 0 amide bonds. The van der Waals surface area contributed by atoms with Gasteiger partial charge >= 0.3 is 0 Å². The fraction of sp³-hybridized carbons (Fsp3) is 0.294. The van der Waals surface area contributed by atoms with Crippen LogP contribution in [0.25, 0.3) is 0 Å². The van der Waals surface area contributed by atoms with Crippen LogP contribution >= 0.6 is 0 Å². The van der Waals surface area contributed by atoms with Crippen molar-refractivity contribution in [3.05, 3.63) is 65.2 Å². The number of aliphatic hydroxyl groups excluding tert-OH is 1. The van der Waals surface area contributed by atoms with Crippen LogP contribution in [0.15, 0.2) is 48.5 Å². The Labute approximate surface area is 114 Å². The van der Waals surface area contributed by atoms with Crippen LogP contribution in [0.5, 0.6) is 5.75 Å². The third-order valence-corrected chi connectivity index (χ3v) is 3.20. The first-order valence-corrected chi connectivity index (χ1v) is 6.65. The van der Waals surface area contributed by atoms with E-state index in [2.05, 4.69) is 6.92 Å². The van der Waals surface area contributed by atoms with Crippen LogP contribution in [0.1, 0.15) is 29.7 Å². The second-order valence-corrected chi connectivity index (χ2v) is 4.73. The first-order chi connectivity index (χ1) is 9.19. The van der Waals surface area contributed by atoms with E-state index in [9.17, 15) is 5.11 Å². The zero-order valence-corrected chi connectivity index (χ0v) is 11.5. The molecular weight excluding hydrogens is 236 g/mol. The fourth-order valence-corrected chi connectivity index (χ4v) is 1.88. The van der Waals surface area contributed by atoms with Gasteiger partial charge in [0.05, 0.1) is 0 Å². The minimum absolute atomic E-state index is 0.272. The summed E-state index contributed by atoms with van der Waals surface area (Å²) in [5, 5.41) is 10.1. The van der Waals surface area contributed by atoms with E-state index in [1.165, 1.54) is 11.1 Å². The third kappa shape index (κ3) is 3.83. The first kappa shape index (κ1) is 13.6. The second kappa shape index (κ2) is 6.39. The van der Waals surface area contributed by atoms with Crippen molar-refractivity contribution in [1.29, 1.82) is 0 Å². The van der Waals surface area contributed by atoms with Gasteiger partial charge in [-0.3, -0.25) is 0 Å². The number of ether oxygens (including phenoxy) is 1. The Morgan fingerprint density at radius 3 is 2.21 bits per heavy atom. The standard InChI is InChI=1S/C17H20O2/c1-3-14-6-8-15(9-7-14)17(18)12-19-16-10-4-13(2)5-11-16/h4-11,17-18H,3,12H2,1-2H3. The lowest BCUT2D eigenvalue weighted by Gasteiger charge is -2.13. The van der Waals surface area contributed by atoms with Crippen LogP contribution in [0.2, 0.25) is 0 Å². The Balaban J connectivity index is 1.93. The molecule has 0 saturated carbocycles. The monoisotopic (exact) mass is 256 g/mol. The van der Waals surface area contributed by atoms with Gasteiger partial charge < -0.3 is 9.84 Å². The first-order valence-electron chi connectivity index (χ1n) is 6.65. The molecule has 0 aliphatic rings. The molecule has 1 atom stereocenters. The van der Waals surface area contributed by atoms with Gasteiger partial charge in [-0.2, -0.15) is 0 Å². The van der Waals surface area contributed by atoms with Gasteiger partial charge in [-0.25, -0.2) is 0 Å². The van der Waals surface area contributed by atoms with Crippen LogP contribution in [-0.2, 0) is 6.42 Å². The molecule has 2 aromatic rings. The normalized spacial score (nSPS) is 12.2. The van der Waals surface area contributed by atoms with E-state index in [-0.39, 0.29) is 6.61 Å². The Hall–Kier alpha value is -1.80. The molecular formula is C17H20O2. The van der Waals surface area contributed by atoms with E-state index in [0.29, 0.717) is 0 Å². The maximum atomic E-state index is 10.1. The van der Waals surface area contributed by atoms with Gasteiger partial charge in [-0.15, -0.1) is 0 Å². The molecule has 1 unspecified atom stereocenters. The highest BCUT2D eigenvalue weighted by Crippen LogP contribution is 2.17. The summed E-state index contributed by atoms with van der Waals surface area (Å²) in [6, 6.07) is 15.8. The molecule has 1 N–H and O–H groups in total. The van der Waals surface area contributed by atoms with Crippen LogP contribution in [0.4, 0.5) is 0 Å². The van der Waals surface area contributed by atoms with Gasteiger partial charge in [-0.05, 0) is 36.6 Å². The van der Waals surface area contributed by atoms with E-state index in [4.69, 9.17) is 4.74 Å². The molecule has 0 aromatic heterocycles. The molecule has 2 aromatic carbocycles. The molecule has 19 heavy (non-hydrogen) atoms. The van der Waals surface area contributed by atoms with Crippen LogP contribution < -0.4 is 4.74 Å². The summed E-state index contributed by atoms with van der Waals surface area (Å²) in [5.41, 5.74) is 3.36. The maximum absolute atomic E-state index is 10.1. The molecule has 100 valence electrons. The number of hydrogen-bond acceptors (Lipinski definition) is 2. The van der Waals surface area contributed by atoms with Gasteiger partial charge in [0.25, 0.3) is 0 Å². The molecule has 0 spiro atoms. The number of aliphatic hydroxyl groups is 1. The summed E-state index contributed by atoms with van der Waals surface area (Å²) in [6.45, 7) is 4.42. The Kier molecular flexibility index (Phi) is 4.58. The quantitative estimate of drug-likeness (QED) is 0.884. The van der Waals surface area contributed by atoms with Gasteiger partial charge in [0.1, 0.15) is 18.5 Å². The topological polar surface area (TPSA) is 29.5 Å². The van der Waals surface area contributed by atoms with Crippen LogP contribution in [0.3, 0.4) is 0 Å². The number of rotatable bonds is 5. The lowest BCUT2D eigenvalue weighted by Crippen LogP contribution is -2.09. The zero-order valence-electron chi connectivity index (χ0n) is 11.5. The number of hydrogen-bond donors (Lipinski definition) is 1. The smallest absolute Gasteiger partial charge is 0.119 e. The second-order valence-electron chi connectivity index (χ2n) is 4.73. The Morgan fingerprint density at radius 1 is 1.00 bits per heavy atom. The van der Waals surface area contributed by atoms with Crippen molar-refractivity contribution < 1.29 is 9.84 Å². The largest absolute Gasteiger partial charge is 0.491 e. The summed E-state index contributed by atoms with van der Waals surface area (Å²) in [6.07, 6.45) is 0.420. The molecule has 2 rings (SSSR count). The molecule has 2 heteroatoms. The van der Waals surface area contributed by atoms with Crippen LogP contribution in [-0.4, -0.2) is 11.7 Å². The molecule has 0 aliphatic heterocycles. The van der Waals surface area contributed by atoms with Crippen molar-refractivity contribution in [2.45, 2.75) is 26.4 Å². The lowest BCUT2D eigenvalue weighted by molar-refractivity contribution is 0.108. The fourth-order valence-electron chi connectivity index (χ4n) is 1.88. The predicted molar refractivity (Wildman–Crippen MR) is 77.5 cm³/mol. The van der Waals surface area contributed by atoms with Crippen LogP contribution in [0, 0.1) is 6.92 Å². The Morgan fingerprint density at radius 2 is 1.63 bits per heavy atom. The molecule has 0 heterocycles. The minimum atomic E-state index is -0.591. The lowest BCUT2D eigenvalue weighted by atomic mass is 10.1. The van der Waals surface area contributed by atoms with Crippen molar-refractivity contribution in [1.82, 2.24) is 0 Å². The van der Waals surface area contributed by atoms with Gasteiger partial charge in [0.2, 0.25) is 0 Å². The van der Waals surface area contributed by atoms with Gasteiger partial charge in [-0.1, -0.05) is 48.9 Å². The third-order valence-electron chi connectivity index (χ3n) is 3.20. The molecule has 0 bridgehead atoms. The highest BCUT2D eigenvalue weighted by molar-refractivity contribution is 5.27. The van der Waals surface area contributed by atoms with Crippen molar-refractivity contribution in [2.24, 2.45) is 0 Å². The Bertz CT molecular complexity index is 500.